The molecule has 0 aliphatic heterocycles. The van der Waals surface area contributed by atoms with Crippen molar-refractivity contribution in [3.63, 3.8) is 0 Å². The van der Waals surface area contributed by atoms with E-state index in [9.17, 15) is 0 Å². The minimum Gasteiger partial charge on any atom is -0.311 e. The Morgan fingerprint density at radius 3 is 2.60 bits per heavy atom. The van der Waals surface area contributed by atoms with Crippen LogP contribution in [0.1, 0.15) is 32.8 Å². The first-order chi connectivity index (χ1) is 9.69. The Bertz CT molecular complexity index is 536. The van der Waals surface area contributed by atoms with Crippen LogP contribution in [0.5, 0.6) is 0 Å². The number of benzene rings is 1. The first kappa shape index (κ1) is 14.5. The third-order valence-corrected chi connectivity index (χ3v) is 3.26. The minimum absolute atomic E-state index is 0.522. The number of nitrogens with one attached hydrogen (secondary N) is 1. The first-order valence-corrected chi connectivity index (χ1v) is 7.20. The molecule has 0 saturated heterocycles. The molecule has 1 N–H and O–H groups in total. The molecule has 3 nitrogen and oxygen atoms in total. The highest BCUT2D eigenvalue weighted by Crippen LogP contribution is 2.13. The van der Waals surface area contributed by atoms with Gasteiger partial charge in [-0.3, -0.25) is 0 Å². The molecule has 1 aromatic heterocycles. The lowest BCUT2D eigenvalue weighted by Crippen LogP contribution is -2.24. The van der Waals surface area contributed by atoms with Gasteiger partial charge < -0.3 is 9.88 Å². The molecular weight excluding hydrogens is 246 g/mol. The van der Waals surface area contributed by atoms with Crippen molar-refractivity contribution in [1.82, 2.24) is 14.9 Å². The molecule has 1 heterocycles. The van der Waals surface area contributed by atoms with E-state index in [1.807, 2.05) is 17.1 Å². The molecule has 0 amide bonds. The van der Waals surface area contributed by atoms with E-state index in [-0.39, 0.29) is 0 Å². The molecule has 106 valence electrons. The molecule has 1 aromatic carbocycles. The summed E-state index contributed by atoms with van der Waals surface area (Å²) in [4.78, 5) is 4.07. The van der Waals surface area contributed by atoms with Crippen molar-refractivity contribution in [2.75, 3.05) is 6.54 Å². The van der Waals surface area contributed by atoms with E-state index in [1.54, 1.807) is 6.20 Å². The Hall–Kier alpha value is -1.87. The van der Waals surface area contributed by atoms with Crippen LogP contribution in [0.15, 0.2) is 48.6 Å². The van der Waals surface area contributed by atoms with E-state index in [0.29, 0.717) is 6.04 Å². The highest BCUT2D eigenvalue weighted by molar-refractivity contribution is 5.55. The maximum absolute atomic E-state index is 4.07. The Balaban J connectivity index is 2.08. The van der Waals surface area contributed by atoms with Crippen molar-refractivity contribution >= 4 is 6.08 Å². The van der Waals surface area contributed by atoms with Crippen molar-refractivity contribution in [1.29, 1.82) is 0 Å². The smallest absolute Gasteiger partial charge is 0.0991 e. The van der Waals surface area contributed by atoms with Crippen LogP contribution in [0.25, 0.3) is 11.8 Å². The molecule has 2 aromatic rings. The second kappa shape index (κ2) is 7.06. The van der Waals surface area contributed by atoms with Gasteiger partial charge in [0.2, 0.25) is 0 Å². The summed E-state index contributed by atoms with van der Waals surface area (Å²) in [6, 6.07) is 9.07. The fourth-order valence-corrected chi connectivity index (χ4v) is 2.00. The Kier molecular flexibility index (Phi) is 5.13. The summed E-state index contributed by atoms with van der Waals surface area (Å²) in [5.74, 6) is 0. The number of imidazole rings is 1. The molecule has 0 aliphatic rings. The summed E-state index contributed by atoms with van der Waals surface area (Å²) in [6.45, 7) is 7.51. The van der Waals surface area contributed by atoms with Crippen LogP contribution in [-0.4, -0.2) is 22.1 Å². The molecule has 0 aliphatic carbocycles. The molecule has 0 spiro atoms. The van der Waals surface area contributed by atoms with Crippen LogP contribution in [0, 0.1) is 0 Å². The zero-order chi connectivity index (χ0) is 14.4. The summed E-state index contributed by atoms with van der Waals surface area (Å²) in [7, 11) is 0. The second-order valence-corrected chi connectivity index (χ2v) is 5.25. The molecule has 2 rings (SSSR count). The topological polar surface area (TPSA) is 29.9 Å². The number of nitrogens with zero attached hydrogens (tertiary/aromatic N) is 2. The standard InChI is InChI=1S/C17H23N3/c1-4-15(12-19-14(2)3)11-16-5-7-17(8-6-16)20-10-9-18-13-20/h5-11,13-14,19H,4,12H2,1-3H3. The Morgan fingerprint density at radius 2 is 2.05 bits per heavy atom. The average Bonchev–Trinajstić information content (AvgIpc) is 2.98. The van der Waals surface area contributed by atoms with Gasteiger partial charge in [0.05, 0.1) is 6.33 Å². The molecule has 0 saturated carbocycles. The van der Waals surface area contributed by atoms with Gasteiger partial charge in [0, 0.05) is 30.7 Å². The highest BCUT2D eigenvalue weighted by atomic mass is 15.0. The zero-order valence-corrected chi connectivity index (χ0v) is 12.5. The van der Waals surface area contributed by atoms with Crippen LogP contribution in [0.3, 0.4) is 0 Å². The maximum Gasteiger partial charge on any atom is 0.0991 e. The number of rotatable bonds is 6. The van der Waals surface area contributed by atoms with Crippen LogP contribution >= 0.6 is 0 Å². The van der Waals surface area contributed by atoms with E-state index >= 15 is 0 Å². The Morgan fingerprint density at radius 1 is 1.30 bits per heavy atom. The molecule has 3 heteroatoms. The lowest BCUT2D eigenvalue weighted by atomic mass is 10.1. The predicted molar refractivity (Wildman–Crippen MR) is 85.0 cm³/mol. The lowest BCUT2D eigenvalue weighted by molar-refractivity contribution is 0.617. The van der Waals surface area contributed by atoms with Crippen molar-refractivity contribution in [3.8, 4) is 5.69 Å². The number of hydrogen-bond acceptors (Lipinski definition) is 2. The minimum atomic E-state index is 0.522. The van der Waals surface area contributed by atoms with Gasteiger partial charge in [-0.2, -0.15) is 0 Å². The SMILES string of the molecule is CCC(=Cc1ccc(-n2ccnc2)cc1)CNC(C)C. The molecule has 0 atom stereocenters. The van der Waals surface area contributed by atoms with Crippen molar-refractivity contribution < 1.29 is 0 Å². The van der Waals surface area contributed by atoms with E-state index in [1.165, 1.54) is 11.1 Å². The third kappa shape index (κ3) is 4.07. The second-order valence-electron chi connectivity index (χ2n) is 5.25. The zero-order valence-electron chi connectivity index (χ0n) is 12.5. The van der Waals surface area contributed by atoms with Gasteiger partial charge in [0.1, 0.15) is 0 Å². The molecule has 0 bridgehead atoms. The van der Waals surface area contributed by atoms with E-state index in [4.69, 9.17) is 0 Å². The highest BCUT2D eigenvalue weighted by Gasteiger charge is 1.99. The molecule has 0 radical (unpaired) electrons. The molecule has 20 heavy (non-hydrogen) atoms. The van der Waals surface area contributed by atoms with Crippen molar-refractivity contribution in [3.05, 3.63) is 54.1 Å². The molecular formula is C17H23N3. The van der Waals surface area contributed by atoms with Gasteiger partial charge >= 0.3 is 0 Å². The van der Waals surface area contributed by atoms with Crippen LogP contribution in [0.4, 0.5) is 0 Å². The van der Waals surface area contributed by atoms with Gasteiger partial charge in [0.25, 0.3) is 0 Å². The van der Waals surface area contributed by atoms with Gasteiger partial charge in [-0.15, -0.1) is 0 Å². The maximum atomic E-state index is 4.07. The van der Waals surface area contributed by atoms with E-state index < -0.39 is 0 Å². The number of hydrogen-bond donors (Lipinski definition) is 1. The van der Waals surface area contributed by atoms with Gasteiger partial charge in [0.15, 0.2) is 0 Å². The van der Waals surface area contributed by atoms with E-state index in [2.05, 4.69) is 61.4 Å². The van der Waals surface area contributed by atoms with Gasteiger partial charge in [-0.05, 0) is 24.1 Å². The number of aromatic nitrogens is 2. The van der Waals surface area contributed by atoms with Crippen LogP contribution < -0.4 is 5.32 Å². The third-order valence-electron chi connectivity index (χ3n) is 3.26. The quantitative estimate of drug-likeness (QED) is 0.867. The summed E-state index contributed by atoms with van der Waals surface area (Å²) in [5.41, 5.74) is 3.81. The monoisotopic (exact) mass is 269 g/mol. The summed E-state index contributed by atoms with van der Waals surface area (Å²) < 4.78 is 2.01. The largest absolute Gasteiger partial charge is 0.311 e. The van der Waals surface area contributed by atoms with Crippen molar-refractivity contribution in [2.24, 2.45) is 0 Å². The summed E-state index contributed by atoms with van der Waals surface area (Å²) in [5, 5.41) is 3.47. The lowest BCUT2D eigenvalue weighted by Gasteiger charge is -2.10. The molecule has 0 unspecified atom stereocenters. The van der Waals surface area contributed by atoms with Gasteiger partial charge in [-0.1, -0.05) is 44.6 Å². The van der Waals surface area contributed by atoms with Crippen LogP contribution in [-0.2, 0) is 0 Å². The van der Waals surface area contributed by atoms with E-state index in [0.717, 1.165) is 18.7 Å². The van der Waals surface area contributed by atoms with Crippen molar-refractivity contribution in [2.45, 2.75) is 33.2 Å². The predicted octanol–water partition coefficient (Wildman–Crippen LogP) is 3.66. The fourth-order valence-electron chi connectivity index (χ4n) is 2.00. The first-order valence-electron chi connectivity index (χ1n) is 7.20. The Labute approximate surface area is 121 Å². The summed E-state index contributed by atoms with van der Waals surface area (Å²) >= 11 is 0. The average molecular weight is 269 g/mol. The van der Waals surface area contributed by atoms with Crippen LogP contribution in [0.2, 0.25) is 0 Å². The summed E-state index contributed by atoms with van der Waals surface area (Å²) in [6.07, 6.45) is 8.90. The normalized spacial score (nSPS) is 12.1. The fraction of sp³-hybridized carbons (Fsp3) is 0.353. The molecule has 0 fully saturated rings. The van der Waals surface area contributed by atoms with Gasteiger partial charge in [-0.25, -0.2) is 4.98 Å².